The molecule has 8 heteroatoms. The fourth-order valence-corrected chi connectivity index (χ4v) is 4.36. The molecule has 0 aliphatic carbocycles. The number of carbonyl (C=O) groups is 2. The lowest BCUT2D eigenvalue weighted by Gasteiger charge is -2.17. The van der Waals surface area contributed by atoms with Gasteiger partial charge in [-0.15, -0.1) is 0 Å². The Labute approximate surface area is 211 Å². The van der Waals surface area contributed by atoms with E-state index in [1.807, 2.05) is 31.6 Å². The second-order valence-corrected chi connectivity index (χ2v) is 9.16. The Balaban J connectivity index is 1.43. The summed E-state index contributed by atoms with van der Waals surface area (Å²) in [7, 11) is 3.53. The van der Waals surface area contributed by atoms with Gasteiger partial charge in [0.05, 0.1) is 24.1 Å². The van der Waals surface area contributed by atoms with E-state index >= 15 is 0 Å². The number of hydrogen-bond acceptors (Lipinski definition) is 4. The Kier molecular flexibility index (Phi) is 8.49. The Bertz CT molecular complexity index is 1310. The maximum atomic E-state index is 12.8. The van der Waals surface area contributed by atoms with Crippen molar-refractivity contribution >= 4 is 22.6 Å². The molecule has 0 saturated carbocycles. The number of nitrogens with one attached hydrogen (secondary N) is 3. The molecule has 0 radical (unpaired) electrons. The van der Waals surface area contributed by atoms with Crippen LogP contribution in [-0.2, 0) is 23.1 Å². The number of benzene rings is 2. The minimum atomic E-state index is -0.222. The number of amides is 2. The molecule has 188 valence electrons. The molecule has 2 amide bonds. The zero-order valence-electron chi connectivity index (χ0n) is 21.0. The van der Waals surface area contributed by atoms with E-state index in [1.54, 1.807) is 17.9 Å². The Morgan fingerprint density at radius 2 is 1.83 bits per heavy atom. The number of fused-ring (bicyclic) bond motifs is 1. The Morgan fingerprint density at radius 1 is 1.00 bits per heavy atom. The average molecular weight is 487 g/mol. The SMILES string of the molecule is CNC(=O)CCCCCC(NC(=O)CCc1cnn(C)c1)c1ncc(-c2ccc3ccccc3c2)[nH]1. The van der Waals surface area contributed by atoms with Crippen LogP contribution in [0.4, 0.5) is 0 Å². The molecule has 4 aromatic rings. The minimum Gasteiger partial charge on any atom is -0.359 e. The normalized spacial score (nSPS) is 11.9. The molecule has 8 nitrogen and oxygen atoms in total. The summed E-state index contributed by atoms with van der Waals surface area (Å²) in [5.41, 5.74) is 3.01. The van der Waals surface area contributed by atoms with Crippen molar-refractivity contribution in [3.05, 3.63) is 72.4 Å². The number of aryl methyl sites for hydroxylation is 2. The van der Waals surface area contributed by atoms with Gasteiger partial charge < -0.3 is 15.6 Å². The first-order valence-electron chi connectivity index (χ1n) is 12.5. The van der Waals surface area contributed by atoms with Gasteiger partial charge >= 0.3 is 0 Å². The molecule has 2 heterocycles. The molecular formula is C28H34N6O2. The van der Waals surface area contributed by atoms with Crippen molar-refractivity contribution in [2.75, 3.05) is 7.05 Å². The van der Waals surface area contributed by atoms with Crippen LogP contribution in [0.3, 0.4) is 0 Å². The summed E-state index contributed by atoms with van der Waals surface area (Å²) in [5, 5.41) is 12.4. The molecule has 0 aliphatic heterocycles. The summed E-state index contributed by atoms with van der Waals surface area (Å²) in [4.78, 5) is 32.4. The molecule has 2 aromatic carbocycles. The minimum absolute atomic E-state index is 0.0159. The van der Waals surface area contributed by atoms with E-state index in [0.717, 1.165) is 48.3 Å². The lowest BCUT2D eigenvalue weighted by molar-refractivity contribution is -0.122. The fourth-order valence-electron chi connectivity index (χ4n) is 4.36. The van der Waals surface area contributed by atoms with Crippen molar-refractivity contribution in [1.29, 1.82) is 0 Å². The Morgan fingerprint density at radius 3 is 2.61 bits per heavy atom. The van der Waals surface area contributed by atoms with Crippen LogP contribution in [0.1, 0.15) is 56.0 Å². The molecule has 0 spiro atoms. The smallest absolute Gasteiger partial charge is 0.220 e. The van der Waals surface area contributed by atoms with Crippen molar-refractivity contribution in [3.8, 4) is 11.3 Å². The molecule has 3 N–H and O–H groups in total. The highest BCUT2D eigenvalue weighted by Gasteiger charge is 2.18. The summed E-state index contributed by atoms with van der Waals surface area (Å²) in [6.07, 6.45) is 10.5. The number of unbranched alkanes of at least 4 members (excludes halogenated alkanes) is 2. The topological polar surface area (TPSA) is 105 Å². The highest BCUT2D eigenvalue weighted by molar-refractivity contribution is 5.86. The van der Waals surface area contributed by atoms with E-state index in [0.29, 0.717) is 19.3 Å². The predicted octanol–water partition coefficient (Wildman–Crippen LogP) is 4.45. The maximum absolute atomic E-state index is 12.8. The third kappa shape index (κ3) is 6.81. The van der Waals surface area contributed by atoms with Gasteiger partial charge in [0, 0.05) is 38.7 Å². The summed E-state index contributed by atoms with van der Waals surface area (Å²) >= 11 is 0. The van der Waals surface area contributed by atoms with E-state index in [9.17, 15) is 9.59 Å². The number of aromatic nitrogens is 4. The van der Waals surface area contributed by atoms with Gasteiger partial charge in [0.2, 0.25) is 11.8 Å². The van der Waals surface area contributed by atoms with Crippen LogP contribution in [0.25, 0.3) is 22.0 Å². The molecule has 36 heavy (non-hydrogen) atoms. The number of hydrogen-bond donors (Lipinski definition) is 3. The number of carbonyl (C=O) groups excluding carboxylic acids is 2. The van der Waals surface area contributed by atoms with Gasteiger partial charge in [-0.25, -0.2) is 4.98 Å². The maximum Gasteiger partial charge on any atom is 0.220 e. The van der Waals surface area contributed by atoms with Gasteiger partial charge in [-0.2, -0.15) is 5.10 Å². The number of H-pyrrole nitrogens is 1. The number of rotatable bonds is 12. The molecule has 0 bridgehead atoms. The fraction of sp³-hybridized carbons (Fsp3) is 0.357. The third-order valence-electron chi connectivity index (χ3n) is 6.40. The number of nitrogens with zero attached hydrogens (tertiary/aromatic N) is 3. The molecule has 1 unspecified atom stereocenters. The third-order valence-corrected chi connectivity index (χ3v) is 6.40. The van der Waals surface area contributed by atoms with E-state index < -0.39 is 0 Å². The van der Waals surface area contributed by atoms with Gasteiger partial charge in [-0.1, -0.05) is 49.2 Å². The van der Waals surface area contributed by atoms with Crippen LogP contribution in [0.2, 0.25) is 0 Å². The highest BCUT2D eigenvalue weighted by Crippen LogP contribution is 2.26. The molecule has 2 aromatic heterocycles. The van der Waals surface area contributed by atoms with Crippen LogP contribution < -0.4 is 10.6 Å². The van der Waals surface area contributed by atoms with Gasteiger partial charge in [-0.3, -0.25) is 14.3 Å². The molecule has 0 saturated heterocycles. The van der Waals surface area contributed by atoms with Crippen LogP contribution in [-0.4, -0.2) is 38.6 Å². The molecule has 4 rings (SSSR count). The van der Waals surface area contributed by atoms with E-state index in [2.05, 4.69) is 56.0 Å². The number of imidazole rings is 1. The average Bonchev–Trinajstić information content (AvgIpc) is 3.55. The van der Waals surface area contributed by atoms with Crippen molar-refractivity contribution in [3.63, 3.8) is 0 Å². The van der Waals surface area contributed by atoms with Crippen LogP contribution in [0.5, 0.6) is 0 Å². The van der Waals surface area contributed by atoms with Gasteiger partial charge in [0.15, 0.2) is 0 Å². The Hall–Kier alpha value is -3.94. The lowest BCUT2D eigenvalue weighted by Crippen LogP contribution is -2.29. The zero-order chi connectivity index (χ0) is 25.3. The van der Waals surface area contributed by atoms with Crippen LogP contribution in [0.15, 0.2) is 61.1 Å². The summed E-state index contributed by atoms with van der Waals surface area (Å²) < 4.78 is 1.74. The predicted molar refractivity (Wildman–Crippen MR) is 141 cm³/mol. The molecule has 0 aliphatic rings. The first-order chi connectivity index (χ1) is 17.5. The molecule has 1 atom stereocenters. The van der Waals surface area contributed by atoms with Crippen molar-refractivity contribution in [2.45, 2.75) is 51.0 Å². The van der Waals surface area contributed by atoms with Gasteiger partial charge in [0.1, 0.15) is 5.82 Å². The van der Waals surface area contributed by atoms with E-state index in [-0.39, 0.29) is 17.9 Å². The zero-order valence-corrected chi connectivity index (χ0v) is 21.0. The number of aromatic amines is 1. The summed E-state index contributed by atoms with van der Waals surface area (Å²) in [5.74, 6) is 0.790. The van der Waals surface area contributed by atoms with Gasteiger partial charge in [-0.05, 0) is 41.7 Å². The van der Waals surface area contributed by atoms with E-state index in [1.165, 1.54) is 10.8 Å². The van der Waals surface area contributed by atoms with Crippen LogP contribution >= 0.6 is 0 Å². The van der Waals surface area contributed by atoms with Crippen LogP contribution in [0, 0.1) is 0 Å². The van der Waals surface area contributed by atoms with Crippen molar-refractivity contribution in [1.82, 2.24) is 30.4 Å². The van der Waals surface area contributed by atoms with E-state index in [4.69, 9.17) is 0 Å². The monoisotopic (exact) mass is 486 g/mol. The largest absolute Gasteiger partial charge is 0.359 e. The summed E-state index contributed by atoms with van der Waals surface area (Å²) in [6, 6.07) is 14.4. The standard InChI is InChI=1S/C28H34N6O2/c1-29-26(35)11-5-3-4-10-24(32-27(36)15-12-20-17-31-34(2)19-20)28-30-18-25(33-28)23-14-13-21-8-6-7-9-22(21)16-23/h6-9,13-14,16-19,24H,3-5,10-12,15H2,1-2H3,(H,29,35)(H,30,33)(H,32,36). The highest BCUT2D eigenvalue weighted by atomic mass is 16.2. The van der Waals surface area contributed by atoms with Crippen molar-refractivity contribution in [2.24, 2.45) is 7.05 Å². The quantitative estimate of drug-likeness (QED) is 0.257. The second-order valence-electron chi connectivity index (χ2n) is 9.16. The van der Waals surface area contributed by atoms with Crippen molar-refractivity contribution < 1.29 is 9.59 Å². The second kappa shape index (κ2) is 12.2. The first-order valence-corrected chi connectivity index (χ1v) is 12.5. The molecule has 0 fully saturated rings. The van der Waals surface area contributed by atoms with Gasteiger partial charge in [0.25, 0.3) is 0 Å². The lowest BCUT2D eigenvalue weighted by atomic mass is 10.0. The first kappa shape index (κ1) is 25.2. The summed E-state index contributed by atoms with van der Waals surface area (Å²) in [6.45, 7) is 0. The molecular weight excluding hydrogens is 452 g/mol.